The highest BCUT2D eigenvalue weighted by Crippen LogP contribution is 2.39. The number of fused-ring (bicyclic) bond motifs is 1. The summed E-state index contributed by atoms with van der Waals surface area (Å²) in [6.45, 7) is 0. The molecule has 0 radical (unpaired) electrons. The first-order chi connectivity index (χ1) is 8.40. The molecule has 4 nitrogen and oxygen atoms in total. The summed E-state index contributed by atoms with van der Waals surface area (Å²) in [5, 5.41) is 0. The van der Waals surface area contributed by atoms with E-state index in [4.69, 9.17) is 10.3 Å². The number of nitrogens with zero attached hydrogens (tertiary/aromatic N) is 1. The summed E-state index contributed by atoms with van der Waals surface area (Å²) in [6.07, 6.45) is 5.63. The normalized spacial score (nSPS) is 20.2. The number of hydrazine groups is 1. The third-order valence-electron chi connectivity index (χ3n) is 3.43. The molecule has 0 aliphatic heterocycles. The van der Waals surface area contributed by atoms with Crippen molar-refractivity contribution >= 4 is 0 Å². The Morgan fingerprint density at radius 1 is 1.41 bits per heavy atom. The summed E-state index contributed by atoms with van der Waals surface area (Å²) < 4.78 is 5.44. The van der Waals surface area contributed by atoms with Crippen molar-refractivity contribution in [1.29, 1.82) is 0 Å². The van der Waals surface area contributed by atoms with E-state index in [1.165, 1.54) is 5.56 Å². The Balaban J connectivity index is 1.95. The predicted molar refractivity (Wildman–Crippen MR) is 64.1 cm³/mol. The minimum Gasteiger partial charge on any atom is -0.468 e. The van der Waals surface area contributed by atoms with Gasteiger partial charge in [0.1, 0.15) is 5.76 Å². The van der Waals surface area contributed by atoms with Crippen LogP contribution in [0.25, 0.3) is 0 Å². The number of aromatic nitrogens is 1. The van der Waals surface area contributed by atoms with Crippen LogP contribution in [0.3, 0.4) is 0 Å². The van der Waals surface area contributed by atoms with Crippen molar-refractivity contribution < 1.29 is 4.42 Å². The van der Waals surface area contributed by atoms with Crippen molar-refractivity contribution in [3.63, 3.8) is 0 Å². The quantitative estimate of drug-likeness (QED) is 0.623. The van der Waals surface area contributed by atoms with Crippen molar-refractivity contribution in [2.45, 2.75) is 24.8 Å². The van der Waals surface area contributed by atoms with Gasteiger partial charge in [-0.25, -0.2) is 5.43 Å². The smallest absolute Gasteiger partial charge is 0.122 e. The fraction of sp³-hybridized carbons (Fsp3) is 0.308. The molecule has 2 unspecified atom stereocenters. The topological polar surface area (TPSA) is 64.1 Å². The average molecular weight is 229 g/mol. The molecule has 0 saturated carbocycles. The molecule has 0 saturated heterocycles. The lowest BCUT2D eigenvalue weighted by Crippen LogP contribution is -2.31. The molecule has 2 aromatic rings. The minimum atomic E-state index is 0.00106. The fourth-order valence-electron chi connectivity index (χ4n) is 2.63. The Kier molecular flexibility index (Phi) is 2.66. The molecule has 1 aliphatic carbocycles. The third-order valence-corrected chi connectivity index (χ3v) is 3.43. The van der Waals surface area contributed by atoms with Crippen LogP contribution in [-0.2, 0) is 6.42 Å². The third kappa shape index (κ3) is 1.75. The molecule has 0 fully saturated rings. The SMILES string of the molecule is NNC(c1ccco1)C1CCc2cccnc21. The van der Waals surface area contributed by atoms with E-state index in [1.807, 2.05) is 24.4 Å². The Labute approximate surface area is 99.8 Å². The molecule has 0 amide bonds. The number of pyridine rings is 1. The Bertz CT molecular complexity index is 495. The first-order valence-corrected chi connectivity index (χ1v) is 5.83. The molecule has 0 aromatic carbocycles. The molecule has 2 atom stereocenters. The molecule has 3 N–H and O–H groups in total. The van der Waals surface area contributed by atoms with Gasteiger partial charge in [-0.1, -0.05) is 6.07 Å². The number of nitrogens with one attached hydrogen (secondary N) is 1. The van der Waals surface area contributed by atoms with Crippen LogP contribution in [-0.4, -0.2) is 4.98 Å². The molecule has 4 heteroatoms. The van der Waals surface area contributed by atoms with E-state index in [0.29, 0.717) is 5.92 Å². The van der Waals surface area contributed by atoms with Gasteiger partial charge in [0.25, 0.3) is 0 Å². The summed E-state index contributed by atoms with van der Waals surface area (Å²) in [5.41, 5.74) is 5.32. The highest BCUT2D eigenvalue weighted by atomic mass is 16.3. The number of furan rings is 1. The van der Waals surface area contributed by atoms with Gasteiger partial charge in [0.05, 0.1) is 12.3 Å². The van der Waals surface area contributed by atoms with Gasteiger partial charge in [-0.05, 0) is 36.6 Å². The molecule has 17 heavy (non-hydrogen) atoms. The lowest BCUT2D eigenvalue weighted by atomic mass is 9.95. The van der Waals surface area contributed by atoms with Crippen molar-refractivity contribution in [2.75, 3.05) is 0 Å². The van der Waals surface area contributed by atoms with Crippen LogP contribution in [0.15, 0.2) is 41.1 Å². The number of hydrogen-bond donors (Lipinski definition) is 2. The second-order valence-electron chi connectivity index (χ2n) is 4.35. The summed E-state index contributed by atoms with van der Waals surface area (Å²) in [6, 6.07) is 7.96. The zero-order valence-corrected chi connectivity index (χ0v) is 9.47. The van der Waals surface area contributed by atoms with Crippen LogP contribution < -0.4 is 11.3 Å². The lowest BCUT2D eigenvalue weighted by Gasteiger charge is -2.20. The standard InChI is InChI=1S/C13H15N3O/c14-16-13(11-4-2-8-17-11)10-6-5-9-3-1-7-15-12(9)10/h1-4,7-8,10,13,16H,5-6,14H2. The number of rotatable bonds is 3. The summed E-state index contributed by atoms with van der Waals surface area (Å²) in [7, 11) is 0. The maximum absolute atomic E-state index is 5.66. The molecule has 0 bridgehead atoms. The average Bonchev–Trinajstić information content (AvgIpc) is 3.01. The highest BCUT2D eigenvalue weighted by molar-refractivity contribution is 5.31. The van der Waals surface area contributed by atoms with E-state index in [2.05, 4.69) is 16.5 Å². The van der Waals surface area contributed by atoms with E-state index in [1.54, 1.807) is 6.26 Å². The number of hydrogen-bond acceptors (Lipinski definition) is 4. The lowest BCUT2D eigenvalue weighted by molar-refractivity contribution is 0.365. The van der Waals surface area contributed by atoms with E-state index in [-0.39, 0.29) is 6.04 Å². The van der Waals surface area contributed by atoms with Crippen LogP contribution >= 0.6 is 0 Å². The van der Waals surface area contributed by atoms with Gasteiger partial charge >= 0.3 is 0 Å². The van der Waals surface area contributed by atoms with E-state index < -0.39 is 0 Å². The Hall–Kier alpha value is -1.65. The van der Waals surface area contributed by atoms with E-state index >= 15 is 0 Å². The molecule has 88 valence electrons. The van der Waals surface area contributed by atoms with Gasteiger partial charge in [-0.2, -0.15) is 0 Å². The van der Waals surface area contributed by atoms with Crippen LogP contribution in [0.2, 0.25) is 0 Å². The second-order valence-corrected chi connectivity index (χ2v) is 4.35. The minimum absolute atomic E-state index is 0.00106. The maximum Gasteiger partial charge on any atom is 0.122 e. The molecule has 1 aliphatic rings. The van der Waals surface area contributed by atoms with Crippen LogP contribution in [0, 0.1) is 0 Å². The fourth-order valence-corrected chi connectivity index (χ4v) is 2.63. The van der Waals surface area contributed by atoms with E-state index in [9.17, 15) is 0 Å². The molecule has 2 aromatic heterocycles. The zero-order valence-electron chi connectivity index (χ0n) is 9.47. The summed E-state index contributed by atoms with van der Waals surface area (Å²) in [4.78, 5) is 4.48. The van der Waals surface area contributed by atoms with Crippen molar-refractivity contribution in [3.05, 3.63) is 53.7 Å². The predicted octanol–water partition coefficient (Wildman–Crippen LogP) is 1.91. The van der Waals surface area contributed by atoms with Crippen molar-refractivity contribution in [3.8, 4) is 0 Å². The van der Waals surface area contributed by atoms with Crippen molar-refractivity contribution in [1.82, 2.24) is 10.4 Å². The van der Waals surface area contributed by atoms with E-state index in [0.717, 1.165) is 24.3 Å². The summed E-state index contributed by atoms with van der Waals surface area (Å²) >= 11 is 0. The molecule has 0 spiro atoms. The van der Waals surface area contributed by atoms with Crippen molar-refractivity contribution in [2.24, 2.45) is 5.84 Å². The monoisotopic (exact) mass is 229 g/mol. The van der Waals surface area contributed by atoms with Gasteiger partial charge in [-0.15, -0.1) is 0 Å². The zero-order chi connectivity index (χ0) is 11.7. The molecule has 3 rings (SSSR count). The number of aryl methyl sites for hydroxylation is 1. The van der Waals surface area contributed by atoms with Crippen LogP contribution in [0.4, 0.5) is 0 Å². The van der Waals surface area contributed by atoms with Crippen LogP contribution in [0.5, 0.6) is 0 Å². The first kappa shape index (κ1) is 10.5. The van der Waals surface area contributed by atoms with Gasteiger partial charge < -0.3 is 4.42 Å². The van der Waals surface area contributed by atoms with Gasteiger partial charge in [0.15, 0.2) is 0 Å². The first-order valence-electron chi connectivity index (χ1n) is 5.83. The van der Waals surface area contributed by atoms with Gasteiger partial charge in [0.2, 0.25) is 0 Å². The van der Waals surface area contributed by atoms with Gasteiger partial charge in [-0.3, -0.25) is 10.8 Å². The van der Waals surface area contributed by atoms with Crippen LogP contribution in [0.1, 0.15) is 35.4 Å². The molecular formula is C13H15N3O. The summed E-state index contributed by atoms with van der Waals surface area (Å²) in [5.74, 6) is 6.83. The Morgan fingerprint density at radius 3 is 3.12 bits per heavy atom. The highest BCUT2D eigenvalue weighted by Gasteiger charge is 2.32. The molecule has 2 heterocycles. The maximum atomic E-state index is 5.66. The largest absolute Gasteiger partial charge is 0.468 e. The Morgan fingerprint density at radius 2 is 2.35 bits per heavy atom. The van der Waals surface area contributed by atoms with Gasteiger partial charge in [0, 0.05) is 17.8 Å². The number of nitrogens with two attached hydrogens (primary N) is 1. The second kappa shape index (κ2) is 4.31. The molecular weight excluding hydrogens is 214 g/mol.